The fraction of sp³-hybridized carbons (Fsp3) is 0.875. The van der Waals surface area contributed by atoms with E-state index >= 15 is 0 Å². The number of ether oxygens (including phenoxy) is 2. The Morgan fingerprint density at radius 3 is 2.67 bits per heavy atom. The highest BCUT2D eigenvalue weighted by atomic mass is 16.5. The average Bonchev–Trinajstić information content (AvgIpc) is 1.97. The Hall–Kier alpha value is -0.610. The first kappa shape index (κ1) is 9.48. The molecule has 1 fully saturated rings. The Morgan fingerprint density at radius 1 is 1.67 bits per heavy atom. The standard InChI is InChI=1S/C8H15NO3/c1-3-12-7(10)8(6-11-2)4-5-9-8/h9H,3-6H2,1-2H3. The summed E-state index contributed by atoms with van der Waals surface area (Å²) in [5, 5.41) is 3.04. The lowest BCUT2D eigenvalue weighted by Gasteiger charge is -2.39. The zero-order valence-electron chi connectivity index (χ0n) is 7.55. The first-order valence-electron chi connectivity index (χ1n) is 4.16. The van der Waals surface area contributed by atoms with Crippen molar-refractivity contribution in [2.75, 3.05) is 26.9 Å². The predicted octanol–water partition coefficient (Wildman–Crippen LogP) is -0.0720. The van der Waals surface area contributed by atoms with Gasteiger partial charge in [0.2, 0.25) is 0 Å². The van der Waals surface area contributed by atoms with Gasteiger partial charge in [0.1, 0.15) is 5.54 Å². The van der Waals surface area contributed by atoms with Crippen molar-refractivity contribution in [1.29, 1.82) is 0 Å². The summed E-state index contributed by atoms with van der Waals surface area (Å²) in [6.07, 6.45) is 0.805. The van der Waals surface area contributed by atoms with Gasteiger partial charge in [-0.25, -0.2) is 4.79 Å². The maximum Gasteiger partial charge on any atom is 0.328 e. The van der Waals surface area contributed by atoms with Crippen molar-refractivity contribution in [3.63, 3.8) is 0 Å². The van der Waals surface area contributed by atoms with Crippen LogP contribution in [0.25, 0.3) is 0 Å². The molecule has 12 heavy (non-hydrogen) atoms. The number of rotatable bonds is 4. The molecule has 0 bridgehead atoms. The van der Waals surface area contributed by atoms with Crippen molar-refractivity contribution in [1.82, 2.24) is 5.32 Å². The third-order valence-electron chi connectivity index (χ3n) is 2.07. The average molecular weight is 173 g/mol. The van der Waals surface area contributed by atoms with Crippen LogP contribution in [0.15, 0.2) is 0 Å². The van der Waals surface area contributed by atoms with E-state index < -0.39 is 5.54 Å². The lowest BCUT2D eigenvalue weighted by atomic mass is 9.89. The van der Waals surface area contributed by atoms with Crippen LogP contribution in [0.1, 0.15) is 13.3 Å². The van der Waals surface area contributed by atoms with Crippen LogP contribution >= 0.6 is 0 Å². The minimum absolute atomic E-state index is 0.196. The third-order valence-corrected chi connectivity index (χ3v) is 2.07. The maximum atomic E-state index is 11.4. The molecule has 4 nitrogen and oxygen atoms in total. The van der Waals surface area contributed by atoms with Gasteiger partial charge < -0.3 is 9.47 Å². The van der Waals surface area contributed by atoms with Crippen LogP contribution in [0.4, 0.5) is 0 Å². The maximum absolute atomic E-state index is 11.4. The van der Waals surface area contributed by atoms with Gasteiger partial charge in [0.05, 0.1) is 13.2 Å². The van der Waals surface area contributed by atoms with E-state index in [1.54, 1.807) is 14.0 Å². The third kappa shape index (κ3) is 1.59. The Balaban J connectivity index is 2.47. The summed E-state index contributed by atoms with van der Waals surface area (Å²) in [5.41, 5.74) is -0.551. The van der Waals surface area contributed by atoms with Crippen molar-refractivity contribution in [2.45, 2.75) is 18.9 Å². The lowest BCUT2D eigenvalue weighted by Crippen LogP contribution is -2.65. The van der Waals surface area contributed by atoms with Gasteiger partial charge in [-0.3, -0.25) is 5.32 Å². The fourth-order valence-electron chi connectivity index (χ4n) is 1.30. The Labute approximate surface area is 72.2 Å². The number of carbonyl (C=O) groups excluding carboxylic acids is 1. The molecule has 0 radical (unpaired) electrons. The summed E-state index contributed by atoms with van der Waals surface area (Å²) in [5.74, 6) is -0.196. The molecule has 70 valence electrons. The van der Waals surface area contributed by atoms with E-state index in [0.717, 1.165) is 13.0 Å². The molecule has 0 amide bonds. The zero-order chi connectivity index (χ0) is 9.03. The molecule has 0 aromatic carbocycles. The van der Waals surface area contributed by atoms with Gasteiger partial charge in [-0.05, 0) is 19.9 Å². The van der Waals surface area contributed by atoms with Crippen molar-refractivity contribution < 1.29 is 14.3 Å². The Kier molecular flexibility index (Phi) is 3.05. The minimum atomic E-state index is -0.551. The highest BCUT2D eigenvalue weighted by Gasteiger charge is 2.45. The lowest BCUT2D eigenvalue weighted by molar-refractivity contribution is -0.157. The van der Waals surface area contributed by atoms with Gasteiger partial charge in [0, 0.05) is 7.11 Å². The summed E-state index contributed by atoms with van der Waals surface area (Å²) in [6.45, 7) is 3.48. The van der Waals surface area contributed by atoms with Crippen LogP contribution < -0.4 is 5.32 Å². The number of esters is 1. The van der Waals surface area contributed by atoms with Gasteiger partial charge in [-0.2, -0.15) is 0 Å². The molecule has 1 heterocycles. The largest absolute Gasteiger partial charge is 0.465 e. The van der Waals surface area contributed by atoms with E-state index in [1.165, 1.54) is 0 Å². The fourth-order valence-corrected chi connectivity index (χ4v) is 1.30. The van der Waals surface area contributed by atoms with E-state index in [1.807, 2.05) is 0 Å². The van der Waals surface area contributed by atoms with Crippen molar-refractivity contribution >= 4 is 5.97 Å². The van der Waals surface area contributed by atoms with Crippen molar-refractivity contribution in [3.8, 4) is 0 Å². The molecule has 0 aromatic heterocycles. The summed E-state index contributed by atoms with van der Waals surface area (Å²) < 4.78 is 9.87. The molecule has 1 N–H and O–H groups in total. The smallest absolute Gasteiger partial charge is 0.328 e. The SMILES string of the molecule is CCOC(=O)C1(COC)CCN1. The van der Waals surface area contributed by atoms with E-state index in [-0.39, 0.29) is 5.97 Å². The first-order chi connectivity index (χ1) is 5.75. The molecular weight excluding hydrogens is 158 g/mol. The van der Waals surface area contributed by atoms with Gasteiger partial charge >= 0.3 is 5.97 Å². The Bertz CT molecular complexity index is 166. The van der Waals surface area contributed by atoms with E-state index in [4.69, 9.17) is 9.47 Å². The van der Waals surface area contributed by atoms with Gasteiger partial charge in [-0.1, -0.05) is 0 Å². The highest BCUT2D eigenvalue weighted by Crippen LogP contribution is 2.20. The molecular formula is C8H15NO3. The number of hydrogen-bond acceptors (Lipinski definition) is 4. The second-order valence-corrected chi connectivity index (χ2v) is 2.91. The van der Waals surface area contributed by atoms with Crippen LogP contribution in [-0.2, 0) is 14.3 Å². The predicted molar refractivity (Wildman–Crippen MR) is 43.9 cm³/mol. The van der Waals surface area contributed by atoms with Crippen LogP contribution in [-0.4, -0.2) is 38.4 Å². The molecule has 1 saturated heterocycles. The van der Waals surface area contributed by atoms with E-state index in [2.05, 4.69) is 5.32 Å². The minimum Gasteiger partial charge on any atom is -0.465 e. The van der Waals surface area contributed by atoms with Gasteiger partial charge in [-0.15, -0.1) is 0 Å². The Morgan fingerprint density at radius 2 is 2.33 bits per heavy atom. The molecule has 1 unspecified atom stereocenters. The number of methoxy groups -OCH3 is 1. The van der Waals surface area contributed by atoms with Crippen LogP contribution in [0.5, 0.6) is 0 Å². The molecule has 0 aliphatic carbocycles. The summed E-state index contributed by atoms with van der Waals surface area (Å²) >= 11 is 0. The van der Waals surface area contributed by atoms with Gasteiger partial charge in [0.25, 0.3) is 0 Å². The molecule has 1 aliphatic rings. The number of hydrogen-bond donors (Lipinski definition) is 1. The van der Waals surface area contributed by atoms with Crippen LogP contribution in [0.2, 0.25) is 0 Å². The molecule has 1 aliphatic heterocycles. The zero-order valence-corrected chi connectivity index (χ0v) is 7.55. The normalized spacial score (nSPS) is 27.8. The quantitative estimate of drug-likeness (QED) is 0.604. The second-order valence-electron chi connectivity index (χ2n) is 2.91. The number of carbonyl (C=O) groups is 1. The molecule has 1 rings (SSSR count). The second kappa shape index (κ2) is 3.87. The first-order valence-corrected chi connectivity index (χ1v) is 4.16. The summed E-state index contributed by atoms with van der Waals surface area (Å²) in [4.78, 5) is 11.4. The van der Waals surface area contributed by atoms with E-state index in [9.17, 15) is 4.79 Å². The molecule has 0 saturated carbocycles. The van der Waals surface area contributed by atoms with Crippen molar-refractivity contribution in [2.24, 2.45) is 0 Å². The van der Waals surface area contributed by atoms with E-state index in [0.29, 0.717) is 13.2 Å². The highest BCUT2D eigenvalue weighted by molar-refractivity contribution is 5.82. The number of nitrogens with one attached hydrogen (secondary N) is 1. The van der Waals surface area contributed by atoms with Crippen LogP contribution in [0.3, 0.4) is 0 Å². The molecule has 4 heteroatoms. The summed E-state index contributed by atoms with van der Waals surface area (Å²) in [6, 6.07) is 0. The molecule has 1 atom stereocenters. The monoisotopic (exact) mass is 173 g/mol. The van der Waals surface area contributed by atoms with Gasteiger partial charge in [0.15, 0.2) is 0 Å². The summed E-state index contributed by atoms with van der Waals surface area (Å²) in [7, 11) is 1.58. The van der Waals surface area contributed by atoms with Crippen molar-refractivity contribution in [3.05, 3.63) is 0 Å². The topological polar surface area (TPSA) is 47.6 Å². The molecule has 0 spiro atoms. The molecule has 0 aromatic rings. The van der Waals surface area contributed by atoms with Crippen LogP contribution in [0, 0.1) is 0 Å².